The summed E-state index contributed by atoms with van der Waals surface area (Å²) >= 11 is 3.27. The van der Waals surface area contributed by atoms with Gasteiger partial charge in [-0.05, 0) is 40.5 Å². The van der Waals surface area contributed by atoms with Crippen LogP contribution in [-0.4, -0.2) is 10.9 Å². The molecule has 4 heteroatoms. The zero-order valence-corrected chi connectivity index (χ0v) is 11.5. The molecule has 0 saturated heterocycles. The van der Waals surface area contributed by atoms with Gasteiger partial charge in [0.25, 0.3) is 5.91 Å². The molecule has 1 aromatic heterocycles. The van der Waals surface area contributed by atoms with E-state index in [0.29, 0.717) is 10.2 Å². The Labute approximate surface area is 114 Å². The van der Waals surface area contributed by atoms with Crippen LogP contribution in [0.25, 0.3) is 0 Å². The first-order valence-electron chi connectivity index (χ1n) is 5.65. The number of aromatic nitrogens is 1. The average Bonchev–Trinajstić information content (AvgIpc) is 2.40. The minimum absolute atomic E-state index is 0.0363. The summed E-state index contributed by atoms with van der Waals surface area (Å²) in [5.41, 5.74) is 1.62. The van der Waals surface area contributed by atoms with Crippen molar-refractivity contribution in [2.75, 3.05) is 0 Å². The SMILES string of the molecule is C[C@H](NC(=O)c1cccnc1Br)c1ccccc1. The smallest absolute Gasteiger partial charge is 0.254 e. The zero-order chi connectivity index (χ0) is 13.0. The van der Waals surface area contributed by atoms with Gasteiger partial charge in [0.05, 0.1) is 11.6 Å². The van der Waals surface area contributed by atoms with E-state index in [1.54, 1.807) is 18.3 Å². The minimum atomic E-state index is -0.133. The molecule has 1 atom stereocenters. The Bertz CT molecular complexity index is 543. The second-order valence-corrected chi connectivity index (χ2v) is 4.70. The summed E-state index contributed by atoms with van der Waals surface area (Å²) in [6.45, 7) is 1.96. The predicted molar refractivity (Wildman–Crippen MR) is 74.3 cm³/mol. The molecule has 0 aliphatic carbocycles. The highest BCUT2D eigenvalue weighted by atomic mass is 79.9. The summed E-state index contributed by atoms with van der Waals surface area (Å²) in [7, 11) is 0. The van der Waals surface area contributed by atoms with Gasteiger partial charge in [-0.3, -0.25) is 4.79 Å². The van der Waals surface area contributed by atoms with Crippen LogP contribution >= 0.6 is 15.9 Å². The summed E-state index contributed by atoms with van der Waals surface area (Å²) in [5, 5.41) is 2.94. The Morgan fingerprint density at radius 1 is 1.22 bits per heavy atom. The number of benzene rings is 1. The van der Waals surface area contributed by atoms with E-state index in [2.05, 4.69) is 26.2 Å². The van der Waals surface area contributed by atoms with Gasteiger partial charge in [-0.2, -0.15) is 0 Å². The number of carbonyl (C=O) groups excluding carboxylic acids is 1. The molecule has 1 N–H and O–H groups in total. The molecular weight excluding hydrogens is 292 g/mol. The molecule has 0 aliphatic heterocycles. The summed E-state index contributed by atoms with van der Waals surface area (Å²) in [5.74, 6) is -0.133. The molecule has 2 rings (SSSR count). The molecule has 0 spiro atoms. The highest BCUT2D eigenvalue weighted by Crippen LogP contribution is 2.16. The second kappa shape index (κ2) is 5.78. The van der Waals surface area contributed by atoms with E-state index >= 15 is 0 Å². The lowest BCUT2D eigenvalue weighted by Crippen LogP contribution is -2.27. The molecule has 18 heavy (non-hydrogen) atoms. The zero-order valence-electron chi connectivity index (χ0n) is 9.93. The van der Waals surface area contributed by atoms with Gasteiger partial charge < -0.3 is 5.32 Å². The molecule has 92 valence electrons. The van der Waals surface area contributed by atoms with Crippen molar-refractivity contribution in [2.24, 2.45) is 0 Å². The fourth-order valence-corrected chi connectivity index (χ4v) is 2.09. The van der Waals surface area contributed by atoms with Crippen molar-refractivity contribution in [1.82, 2.24) is 10.3 Å². The predicted octanol–water partition coefficient (Wildman–Crippen LogP) is 3.34. The fourth-order valence-electron chi connectivity index (χ4n) is 1.65. The standard InChI is InChI=1S/C14H13BrN2O/c1-10(11-6-3-2-4-7-11)17-14(18)12-8-5-9-16-13(12)15/h2-10H,1H3,(H,17,18)/t10-/m0/s1. The van der Waals surface area contributed by atoms with Crippen LogP contribution in [0, 0.1) is 0 Å². The summed E-state index contributed by atoms with van der Waals surface area (Å²) in [6.07, 6.45) is 1.64. The molecule has 0 saturated carbocycles. The van der Waals surface area contributed by atoms with E-state index in [9.17, 15) is 4.79 Å². The Morgan fingerprint density at radius 2 is 1.94 bits per heavy atom. The Kier molecular flexibility index (Phi) is 4.10. The molecular formula is C14H13BrN2O. The lowest BCUT2D eigenvalue weighted by Gasteiger charge is -2.14. The highest BCUT2D eigenvalue weighted by Gasteiger charge is 2.13. The number of nitrogens with one attached hydrogen (secondary N) is 1. The van der Waals surface area contributed by atoms with Gasteiger partial charge in [0.2, 0.25) is 0 Å². The molecule has 0 aliphatic rings. The van der Waals surface area contributed by atoms with E-state index in [-0.39, 0.29) is 11.9 Å². The van der Waals surface area contributed by atoms with Gasteiger partial charge >= 0.3 is 0 Å². The van der Waals surface area contributed by atoms with Crippen LogP contribution in [0.1, 0.15) is 28.9 Å². The van der Waals surface area contributed by atoms with Gasteiger partial charge in [-0.15, -0.1) is 0 Å². The van der Waals surface area contributed by atoms with Gasteiger partial charge in [-0.25, -0.2) is 4.98 Å². The minimum Gasteiger partial charge on any atom is -0.345 e. The monoisotopic (exact) mass is 304 g/mol. The third-order valence-electron chi connectivity index (χ3n) is 2.65. The van der Waals surface area contributed by atoms with Crippen LogP contribution < -0.4 is 5.32 Å². The first-order chi connectivity index (χ1) is 8.68. The average molecular weight is 305 g/mol. The second-order valence-electron chi connectivity index (χ2n) is 3.95. The molecule has 1 heterocycles. The number of nitrogens with zero attached hydrogens (tertiary/aromatic N) is 1. The first-order valence-corrected chi connectivity index (χ1v) is 6.44. The van der Waals surface area contributed by atoms with E-state index < -0.39 is 0 Å². The Morgan fingerprint density at radius 3 is 2.61 bits per heavy atom. The Balaban J connectivity index is 2.11. The van der Waals surface area contributed by atoms with Crippen LogP contribution in [-0.2, 0) is 0 Å². The van der Waals surface area contributed by atoms with Crippen LogP contribution in [0.3, 0.4) is 0 Å². The van der Waals surface area contributed by atoms with Crippen LogP contribution in [0.2, 0.25) is 0 Å². The molecule has 0 bridgehead atoms. The lowest BCUT2D eigenvalue weighted by molar-refractivity contribution is 0.0938. The fraction of sp³-hybridized carbons (Fsp3) is 0.143. The first kappa shape index (κ1) is 12.8. The van der Waals surface area contributed by atoms with Crippen molar-refractivity contribution < 1.29 is 4.79 Å². The van der Waals surface area contributed by atoms with E-state index in [4.69, 9.17) is 0 Å². The topological polar surface area (TPSA) is 42.0 Å². The third kappa shape index (κ3) is 2.96. The molecule has 3 nitrogen and oxygen atoms in total. The van der Waals surface area contributed by atoms with Crippen molar-refractivity contribution in [2.45, 2.75) is 13.0 Å². The highest BCUT2D eigenvalue weighted by molar-refractivity contribution is 9.10. The van der Waals surface area contributed by atoms with E-state index in [0.717, 1.165) is 5.56 Å². The van der Waals surface area contributed by atoms with Crippen LogP contribution in [0.4, 0.5) is 0 Å². The van der Waals surface area contributed by atoms with Crippen molar-refractivity contribution in [1.29, 1.82) is 0 Å². The van der Waals surface area contributed by atoms with Crippen LogP contribution in [0.5, 0.6) is 0 Å². The van der Waals surface area contributed by atoms with Crippen molar-refractivity contribution in [3.63, 3.8) is 0 Å². The molecule has 1 aromatic carbocycles. The van der Waals surface area contributed by atoms with Gasteiger partial charge in [0.15, 0.2) is 0 Å². The summed E-state index contributed by atoms with van der Waals surface area (Å²) < 4.78 is 0.558. The molecule has 1 amide bonds. The van der Waals surface area contributed by atoms with Crippen molar-refractivity contribution >= 4 is 21.8 Å². The number of amides is 1. The largest absolute Gasteiger partial charge is 0.345 e. The van der Waals surface area contributed by atoms with E-state index in [1.807, 2.05) is 37.3 Å². The third-order valence-corrected chi connectivity index (χ3v) is 3.28. The number of hydrogen-bond donors (Lipinski definition) is 1. The number of hydrogen-bond acceptors (Lipinski definition) is 2. The van der Waals surface area contributed by atoms with Gasteiger partial charge in [0.1, 0.15) is 4.60 Å². The maximum atomic E-state index is 12.1. The number of rotatable bonds is 3. The molecule has 0 radical (unpaired) electrons. The van der Waals surface area contributed by atoms with Gasteiger partial charge in [-0.1, -0.05) is 30.3 Å². The van der Waals surface area contributed by atoms with Gasteiger partial charge in [0, 0.05) is 6.20 Å². The molecule has 0 unspecified atom stereocenters. The van der Waals surface area contributed by atoms with Crippen molar-refractivity contribution in [3.05, 3.63) is 64.4 Å². The van der Waals surface area contributed by atoms with Crippen molar-refractivity contribution in [3.8, 4) is 0 Å². The summed E-state index contributed by atoms with van der Waals surface area (Å²) in [4.78, 5) is 16.1. The van der Waals surface area contributed by atoms with Crippen LogP contribution in [0.15, 0.2) is 53.3 Å². The number of pyridine rings is 1. The number of halogens is 1. The normalized spacial score (nSPS) is 11.9. The Hall–Kier alpha value is -1.68. The summed E-state index contributed by atoms with van der Waals surface area (Å²) in [6, 6.07) is 13.3. The quantitative estimate of drug-likeness (QED) is 0.884. The maximum Gasteiger partial charge on any atom is 0.254 e. The number of carbonyl (C=O) groups is 1. The van der Waals surface area contributed by atoms with E-state index in [1.165, 1.54) is 0 Å². The molecule has 2 aromatic rings. The molecule has 0 fully saturated rings. The lowest BCUT2D eigenvalue weighted by atomic mass is 10.1. The maximum absolute atomic E-state index is 12.1.